The molecule has 2 N–H and O–H groups in total. The average molecular weight is 318 g/mol. The summed E-state index contributed by atoms with van der Waals surface area (Å²) < 4.78 is 5.62. The van der Waals surface area contributed by atoms with E-state index in [0.717, 1.165) is 11.1 Å². The number of carbonyl (C=O) groups is 1. The molecule has 1 aliphatic rings. The Bertz CT molecular complexity index is 598. The quantitative estimate of drug-likeness (QED) is 0.788. The molecular formula is C18H26N2O3. The molecule has 0 spiro atoms. The minimum absolute atomic E-state index is 0.0308. The first kappa shape index (κ1) is 17.6. The van der Waals surface area contributed by atoms with Gasteiger partial charge in [0.1, 0.15) is 0 Å². The zero-order chi connectivity index (χ0) is 17.1. The van der Waals surface area contributed by atoms with Crippen LogP contribution < -0.4 is 5.32 Å². The fraction of sp³-hybridized carbons (Fsp3) is 0.556. The lowest BCUT2D eigenvalue weighted by molar-refractivity contribution is -0.238. The van der Waals surface area contributed by atoms with Crippen LogP contribution in [0.3, 0.4) is 0 Å². The molecular weight excluding hydrogens is 292 g/mol. The smallest absolute Gasteiger partial charge is 0.244 e. The SMILES string of the molecule is CCO[C@@H]1C[C@@](O)(CNC(=O)/C=C/c2cncc(C)c2)C1(C)C. The Hall–Kier alpha value is -1.72. The highest BCUT2D eigenvalue weighted by molar-refractivity contribution is 5.91. The molecule has 5 nitrogen and oxygen atoms in total. The first-order chi connectivity index (χ1) is 10.8. The molecule has 23 heavy (non-hydrogen) atoms. The Kier molecular flexibility index (Phi) is 5.22. The molecule has 0 aliphatic heterocycles. The predicted molar refractivity (Wildman–Crippen MR) is 89.8 cm³/mol. The number of rotatable bonds is 6. The van der Waals surface area contributed by atoms with Crippen molar-refractivity contribution < 1.29 is 14.6 Å². The summed E-state index contributed by atoms with van der Waals surface area (Å²) in [4.78, 5) is 16.0. The largest absolute Gasteiger partial charge is 0.387 e. The number of pyridine rings is 1. The fourth-order valence-corrected chi connectivity index (χ4v) is 2.90. The highest BCUT2D eigenvalue weighted by Gasteiger charge is 2.59. The van der Waals surface area contributed by atoms with E-state index in [2.05, 4.69) is 10.3 Å². The third kappa shape index (κ3) is 3.79. The maximum atomic E-state index is 11.9. The lowest BCUT2D eigenvalue weighted by atomic mass is 9.56. The van der Waals surface area contributed by atoms with Gasteiger partial charge in [0.15, 0.2) is 0 Å². The zero-order valence-electron chi connectivity index (χ0n) is 14.3. The molecule has 126 valence electrons. The second-order valence-electron chi connectivity index (χ2n) is 6.75. The summed E-state index contributed by atoms with van der Waals surface area (Å²) in [5.41, 5.74) is 0.612. The van der Waals surface area contributed by atoms with Crippen molar-refractivity contribution in [1.29, 1.82) is 0 Å². The Morgan fingerprint density at radius 3 is 2.87 bits per heavy atom. The summed E-state index contributed by atoms with van der Waals surface area (Å²) in [7, 11) is 0. The molecule has 1 heterocycles. The van der Waals surface area contributed by atoms with E-state index >= 15 is 0 Å². The van der Waals surface area contributed by atoms with Crippen LogP contribution in [0.25, 0.3) is 6.08 Å². The molecule has 1 aliphatic carbocycles. The highest BCUT2D eigenvalue weighted by atomic mass is 16.5. The first-order valence-electron chi connectivity index (χ1n) is 8.00. The van der Waals surface area contributed by atoms with Gasteiger partial charge >= 0.3 is 0 Å². The molecule has 5 heteroatoms. The van der Waals surface area contributed by atoms with Crippen molar-refractivity contribution in [1.82, 2.24) is 10.3 Å². The fourth-order valence-electron chi connectivity index (χ4n) is 2.90. The molecule has 1 amide bonds. The summed E-state index contributed by atoms with van der Waals surface area (Å²) in [5, 5.41) is 13.5. The lowest BCUT2D eigenvalue weighted by Crippen LogP contribution is -2.68. The number of carbonyl (C=O) groups excluding carboxylic acids is 1. The number of aromatic nitrogens is 1. The van der Waals surface area contributed by atoms with E-state index in [1.165, 1.54) is 6.08 Å². The molecule has 0 radical (unpaired) electrons. The van der Waals surface area contributed by atoms with Crippen molar-refractivity contribution >= 4 is 12.0 Å². The van der Waals surface area contributed by atoms with Gasteiger partial charge in [-0.25, -0.2) is 0 Å². The van der Waals surface area contributed by atoms with E-state index in [4.69, 9.17) is 4.74 Å². The monoisotopic (exact) mass is 318 g/mol. The van der Waals surface area contributed by atoms with Crippen molar-refractivity contribution in [2.24, 2.45) is 5.41 Å². The number of ether oxygens (including phenoxy) is 1. The summed E-state index contributed by atoms with van der Waals surface area (Å²) in [6.45, 7) is 8.69. The van der Waals surface area contributed by atoms with Crippen molar-refractivity contribution in [2.45, 2.75) is 45.8 Å². The van der Waals surface area contributed by atoms with Crippen LogP contribution in [0.15, 0.2) is 24.5 Å². The molecule has 1 aromatic rings. The Labute approximate surface area is 137 Å². The van der Waals surface area contributed by atoms with Gasteiger partial charge in [-0.15, -0.1) is 0 Å². The van der Waals surface area contributed by atoms with Gasteiger partial charge < -0.3 is 15.2 Å². The van der Waals surface area contributed by atoms with E-state index in [1.807, 2.05) is 33.8 Å². The summed E-state index contributed by atoms with van der Waals surface area (Å²) >= 11 is 0. The predicted octanol–water partition coefficient (Wildman–Crippen LogP) is 2.09. The molecule has 2 rings (SSSR count). The van der Waals surface area contributed by atoms with Crippen LogP contribution in [0.1, 0.15) is 38.3 Å². The Morgan fingerprint density at radius 1 is 1.52 bits per heavy atom. The summed E-state index contributed by atoms with van der Waals surface area (Å²) in [6.07, 6.45) is 7.22. The first-order valence-corrected chi connectivity index (χ1v) is 8.00. The number of amides is 1. The van der Waals surface area contributed by atoms with E-state index in [9.17, 15) is 9.90 Å². The van der Waals surface area contributed by atoms with Crippen molar-refractivity contribution in [3.05, 3.63) is 35.7 Å². The van der Waals surface area contributed by atoms with E-state index in [-0.39, 0.29) is 24.0 Å². The van der Waals surface area contributed by atoms with E-state index < -0.39 is 5.60 Å². The molecule has 0 saturated heterocycles. The Morgan fingerprint density at radius 2 is 2.26 bits per heavy atom. The molecule has 1 aromatic heterocycles. The topological polar surface area (TPSA) is 71.5 Å². The number of nitrogens with zero attached hydrogens (tertiary/aromatic N) is 1. The normalized spacial score (nSPS) is 26.0. The van der Waals surface area contributed by atoms with Crippen LogP contribution in [0, 0.1) is 12.3 Å². The third-order valence-corrected chi connectivity index (χ3v) is 4.77. The minimum Gasteiger partial charge on any atom is -0.387 e. The van der Waals surface area contributed by atoms with Crippen LogP contribution in [0.5, 0.6) is 0 Å². The number of aliphatic hydroxyl groups is 1. The van der Waals surface area contributed by atoms with Gasteiger partial charge in [-0.05, 0) is 37.1 Å². The third-order valence-electron chi connectivity index (χ3n) is 4.77. The average Bonchev–Trinajstić information content (AvgIpc) is 2.51. The Balaban J connectivity index is 1.87. The van der Waals surface area contributed by atoms with Gasteiger partial charge in [-0.3, -0.25) is 9.78 Å². The second kappa shape index (κ2) is 6.81. The zero-order valence-corrected chi connectivity index (χ0v) is 14.3. The van der Waals surface area contributed by atoms with Crippen molar-refractivity contribution in [3.8, 4) is 0 Å². The van der Waals surface area contributed by atoms with Gasteiger partial charge in [0.2, 0.25) is 5.91 Å². The molecule has 2 atom stereocenters. The number of hydrogen-bond donors (Lipinski definition) is 2. The maximum absolute atomic E-state index is 11.9. The van der Waals surface area contributed by atoms with Crippen molar-refractivity contribution in [3.63, 3.8) is 0 Å². The van der Waals surface area contributed by atoms with Gasteiger partial charge in [0, 0.05) is 43.5 Å². The molecule has 1 fully saturated rings. The van der Waals surface area contributed by atoms with Crippen LogP contribution in [-0.2, 0) is 9.53 Å². The van der Waals surface area contributed by atoms with Crippen LogP contribution in [0.4, 0.5) is 0 Å². The summed E-state index contributed by atoms with van der Waals surface area (Å²) in [5.74, 6) is -0.226. The minimum atomic E-state index is -0.929. The van der Waals surface area contributed by atoms with Crippen LogP contribution >= 0.6 is 0 Å². The molecule has 0 bridgehead atoms. The lowest BCUT2D eigenvalue weighted by Gasteiger charge is -2.57. The van der Waals surface area contributed by atoms with Gasteiger partial charge in [-0.1, -0.05) is 13.8 Å². The molecule has 0 aromatic carbocycles. The highest BCUT2D eigenvalue weighted by Crippen LogP contribution is 2.50. The van der Waals surface area contributed by atoms with Gasteiger partial charge in [0.05, 0.1) is 11.7 Å². The number of hydrogen-bond acceptors (Lipinski definition) is 4. The summed E-state index contributed by atoms with van der Waals surface area (Å²) in [6, 6.07) is 1.95. The molecule has 0 unspecified atom stereocenters. The van der Waals surface area contributed by atoms with Crippen molar-refractivity contribution in [2.75, 3.05) is 13.2 Å². The number of aryl methyl sites for hydroxylation is 1. The van der Waals surface area contributed by atoms with Gasteiger partial charge in [0.25, 0.3) is 0 Å². The standard InChI is InChI=1S/C18H26N2O3/c1-5-23-15-9-18(22,17(15,3)4)12-20-16(21)7-6-14-8-13(2)10-19-11-14/h6-8,10-11,15,22H,5,9,12H2,1-4H3,(H,20,21)/b7-6+/t15-,18-/m1/s1. The second-order valence-corrected chi connectivity index (χ2v) is 6.75. The number of nitrogens with one attached hydrogen (secondary N) is 1. The van der Waals surface area contributed by atoms with E-state index in [0.29, 0.717) is 13.0 Å². The van der Waals surface area contributed by atoms with Crippen LogP contribution in [-0.4, -0.2) is 40.9 Å². The maximum Gasteiger partial charge on any atom is 0.244 e. The molecule has 1 saturated carbocycles. The van der Waals surface area contributed by atoms with E-state index in [1.54, 1.807) is 18.5 Å². The van der Waals surface area contributed by atoms with Crippen LogP contribution in [0.2, 0.25) is 0 Å². The van der Waals surface area contributed by atoms with Gasteiger partial charge in [-0.2, -0.15) is 0 Å².